The molecule has 0 bridgehead atoms. The van der Waals surface area contributed by atoms with Crippen LogP contribution in [0.3, 0.4) is 0 Å². The fraction of sp³-hybridized carbons (Fsp3) is 0.556. The summed E-state index contributed by atoms with van der Waals surface area (Å²) in [5.41, 5.74) is 0.557. The monoisotopic (exact) mass is 303 g/mol. The Bertz CT molecular complexity index is 484. The van der Waals surface area contributed by atoms with Gasteiger partial charge in [0.25, 0.3) is 0 Å². The van der Waals surface area contributed by atoms with Crippen LogP contribution < -0.4 is 4.74 Å². The van der Waals surface area contributed by atoms with Gasteiger partial charge in [0.1, 0.15) is 12.0 Å². The molecule has 1 saturated heterocycles. The fourth-order valence-electron chi connectivity index (χ4n) is 2.90. The Kier molecular flexibility index (Phi) is 6.59. The minimum atomic E-state index is -0.152. The second-order valence-electron chi connectivity index (χ2n) is 6.07. The zero-order valence-electron chi connectivity index (χ0n) is 13.3. The van der Waals surface area contributed by atoms with Gasteiger partial charge in [-0.25, -0.2) is 0 Å². The van der Waals surface area contributed by atoms with Gasteiger partial charge >= 0.3 is 0 Å². The standard InChI is InChI=1S/C18H25NO3/c1-15-4-2-10-19(14-15)11-3-13-22-17-7-5-16(6-8-17)18(21)9-12-20/h5-8,12,15H,2-4,9-11,13-14H2,1H3/t15-/m1/s1. The maximum absolute atomic E-state index is 11.5. The molecule has 0 amide bonds. The van der Waals surface area contributed by atoms with Crippen molar-refractivity contribution in [3.63, 3.8) is 0 Å². The molecule has 0 radical (unpaired) electrons. The van der Waals surface area contributed by atoms with Crippen LogP contribution in [0.5, 0.6) is 5.75 Å². The van der Waals surface area contributed by atoms with Crippen molar-refractivity contribution in [3.8, 4) is 5.75 Å². The molecule has 0 saturated carbocycles. The van der Waals surface area contributed by atoms with Crippen molar-refractivity contribution in [3.05, 3.63) is 29.8 Å². The summed E-state index contributed by atoms with van der Waals surface area (Å²) in [6.45, 7) is 6.49. The Morgan fingerprint density at radius 1 is 1.36 bits per heavy atom. The number of piperidine rings is 1. The van der Waals surface area contributed by atoms with Crippen LogP contribution in [0.1, 0.15) is 43.0 Å². The van der Waals surface area contributed by atoms with Crippen molar-refractivity contribution in [2.45, 2.75) is 32.6 Å². The molecule has 1 heterocycles. The van der Waals surface area contributed by atoms with Crippen molar-refractivity contribution in [2.75, 3.05) is 26.2 Å². The molecule has 4 heteroatoms. The Morgan fingerprint density at radius 3 is 2.82 bits per heavy atom. The number of aldehydes is 1. The van der Waals surface area contributed by atoms with E-state index in [4.69, 9.17) is 4.74 Å². The average molecular weight is 303 g/mol. The van der Waals surface area contributed by atoms with Crippen LogP contribution in [0.25, 0.3) is 0 Å². The highest BCUT2D eigenvalue weighted by atomic mass is 16.5. The van der Waals surface area contributed by atoms with E-state index >= 15 is 0 Å². The van der Waals surface area contributed by atoms with Gasteiger partial charge in [0.05, 0.1) is 13.0 Å². The molecule has 0 N–H and O–H groups in total. The lowest BCUT2D eigenvalue weighted by Crippen LogP contribution is -2.35. The zero-order valence-corrected chi connectivity index (χ0v) is 13.3. The Balaban J connectivity index is 1.68. The van der Waals surface area contributed by atoms with Gasteiger partial charge in [-0.05, 0) is 56.0 Å². The van der Waals surface area contributed by atoms with Crippen molar-refractivity contribution in [1.82, 2.24) is 4.90 Å². The quantitative estimate of drug-likeness (QED) is 0.321. The lowest BCUT2D eigenvalue weighted by Gasteiger charge is -2.30. The number of hydrogen-bond donors (Lipinski definition) is 0. The van der Waals surface area contributed by atoms with Crippen molar-refractivity contribution < 1.29 is 14.3 Å². The Morgan fingerprint density at radius 2 is 2.14 bits per heavy atom. The summed E-state index contributed by atoms with van der Waals surface area (Å²) in [5, 5.41) is 0. The molecule has 2 rings (SSSR count). The van der Waals surface area contributed by atoms with Crippen LogP contribution in [-0.2, 0) is 4.79 Å². The van der Waals surface area contributed by atoms with Gasteiger partial charge in [-0.1, -0.05) is 6.92 Å². The molecule has 4 nitrogen and oxygen atoms in total. The number of carbonyl (C=O) groups is 2. The van der Waals surface area contributed by atoms with Gasteiger partial charge in [0.2, 0.25) is 0 Å². The van der Waals surface area contributed by atoms with Crippen molar-refractivity contribution >= 4 is 12.1 Å². The Labute approximate surface area is 132 Å². The number of ether oxygens (including phenoxy) is 1. The first-order valence-electron chi connectivity index (χ1n) is 8.11. The van der Waals surface area contributed by atoms with Crippen LogP contribution in [0.4, 0.5) is 0 Å². The molecular weight excluding hydrogens is 278 g/mol. The SMILES string of the molecule is C[C@@H]1CCCN(CCCOc2ccc(C(=O)CC=O)cc2)C1. The predicted octanol–water partition coefficient (Wildman–Crippen LogP) is 2.96. The van der Waals surface area contributed by atoms with Gasteiger partial charge in [-0.2, -0.15) is 0 Å². The lowest BCUT2D eigenvalue weighted by atomic mass is 10.0. The minimum Gasteiger partial charge on any atom is -0.494 e. The number of benzene rings is 1. The van der Waals surface area contributed by atoms with E-state index in [1.165, 1.54) is 25.9 Å². The molecule has 1 aliphatic heterocycles. The molecule has 0 spiro atoms. The summed E-state index contributed by atoms with van der Waals surface area (Å²) in [6.07, 6.45) is 4.24. The van der Waals surface area contributed by atoms with E-state index in [-0.39, 0.29) is 12.2 Å². The van der Waals surface area contributed by atoms with E-state index in [0.29, 0.717) is 18.5 Å². The number of hydrogen-bond acceptors (Lipinski definition) is 4. The molecular formula is C18H25NO3. The maximum atomic E-state index is 11.5. The van der Waals surface area contributed by atoms with E-state index in [1.807, 2.05) is 0 Å². The second kappa shape index (κ2) is 8.69. The van der Waals surface area contributed by atoms with Crippen LogP contribution in [0.2, 0.25) is 0 Å². The van der Waals surface area contributed by atoms with Crippen LogP contribution in [-0.4, -0.2) is 43.2 Å². The summed E-state index contributed by atoms with van der Waals surface area (Å²) in [4.78, 5) is 24.4. The van der Waals surface area contributed by atoms with Gasteiger partial charge in [0, 0.05) is 18.7 Å². The molecule has 0 aromatic heterocycles. The molecule has 1 aliphatic rings. The first-order chi connectivity index (χ1) is 10.7. The zero-order chi connectivity index (χ0) is 15.8. The van der Waals surface area contributed by atoms with E-state index < -0.39 is 0 Å². The number of rotatable bonds is 8. The normalized spacial score (nSPS) is 18.9. The first kappa shape index (κ1) is 16.7. The third kappa shape index (κ3) is 5.26. The highest BCUT2D eigenvalue weighted by molar-refractivity contribution is 6.02. The summed E-state index contributed by atoms with van der Waals surface area (Å²) in [5.74, 6) is 1.43. The fourth-order valence-corrected chi connectivity index (χ4v) is 2.90. The third-order valence-corrected chi connectivity index (χ3v) is 4.07. The van der Waals surface area contributed by atoms with Gasteiger partial charge in [-0.15, -0.1) is 0 Å². The molecule has 22 heavy (non-hydrogen) atoms. The highest BCUT2D eigenvalue weighted by Gasteiger charge is 2.15. The van der Waals surface area contributed by atoms with E-state index in [2.05, 4.69) is 11.8 Å². The summed E-state index contributed by atoms with van der Waals surface area (Å²) in [6, 6.07) is 7.02. The van der Waals surface area contributed by atoms with Gasteiger partial charge in [0.15, 0.2) is 5.78 Å². The number of likely N-dealkylation sites (tertiary alicyclic amines) is 1. The van der Waals surface area contributed by atoms with E-state index in [0.717, 1.165) is 24.6 Å². The number of nitrogens with zero attached hydrogens (tertiary/aromatic N) is 1. The van der Waals surface area contributed by atoms with Crippen molar-refractivity contribution in [1.29, 1.82) is 0 Å². The van der Waals surface area contributed by atoms with Gasteiger partial charge in [-0.3, -0.25) is 4.79 Å². The summed E-state index contributed by atoms with van der Waals surface area (Å²) >= 11 is 0. The largest absolute Gasteiger partial charge is 0.494 e. The molecule has 1 atom stereocenters. The highest BCUT2D eigenvalue weighted by Crippen LogP contribution is 2.16. The average Bonchev–Trinajstić information content (AvgIpc) is 2.52. The summed E-state index contributed by atoms with van der Waals surface area (Å²) < 4.78 is 5.71. The van der Waals surface area contributed by atoms with Crippen LogP contribution >= 0.6 is 0 Å². The van der Waals surface area contributed by atoms with E-state index in [1.54, 1.807) is 24.3 Å². The second-order valence-corrected chi connectivity index (χ2v) is 6.07. The lowest BCUT2D eigenvalue weighted by molar-refractivity contribution is -0.107. The van der Waals surface area contributed by atoms with Crippen molar-refractivity contribution in [2.24, 2.45) is 5.92 Å². The topological polar surface area (TPSA) is 46.6 Å². The minimum absolute atomic E-state index is 0.0611. The predicted molar refractivity (Wildman–Crippen MR) is 86.4 cm³/mol. The van der Waals surface area contributed by atoms with E-state index in [9.17, 15) is 9.59 Å². The number of ketones is 1. The Hall–Kier alpha value is -1.68. The third-order valence-electron chi connectivity index (χ3n) is 4.07. The molecule has 1 aromatic rings. The smallest absolute Gasteiger partial charge is 0.169 e. The molecule has 120 valence electrons. The molecule has 1 fully saturated rings. The first-order valence-corrected chi connectivity index (χ1v) is 8.11. The van der Waals surface area contributed by atoms with Crippen LogP contribution in [0.15, 0.2) is 24.3 Å². The maximum Gasteiger partial charge on any atom is 0.169 e. The van der Waals surface area contributed by atoms with Crippen LogP contribution in [0, 0.1) is 5.92 Å². The molecule has 0 unspecified atom stereocenters. The summed E-state index contributed by atoms with van der Waals surface area (Å²) in [7, 11) is 0. The number of Topliss-reactive ketones (excluding diaryl/α,β-unsaturated/α-hetero) is 1. The molecule has 1 aromatic carbocycles. The molecule has 0 aliphatic carbocycles. The number of carbonyl (C=O) groups excluding carboxylic acids is 2. The van der Waals surface area contributed by atoms with Gasteiger partial charge < -0.3 is 14.4 Å².